The maximum Gasteiger partial charge on any atom is 0.164 e. The van der Waals surface area contributed by atoms with Crippen LogP contribution in [0.4, 0.5) is 0 Å². The predicted molar refractivity (Wildman–Crippen MR) is 273 cm³/mol. The van der Waals surface area contributed by atoms with Crippen LogP contribution in [0.2, 0.25) is 0 Å². The van der Waals surface area contributed by atoms with Crippen LogP contribution in [-0.4, -0.2) is 29.5 Å². The zero-order chi connectivity index (χ0) is 44.5. The van der Waals surface area contributed by atoms with E-state index in [1.165, 1.54) is 0 Å². The highest BCUT2D eigenvalue weighted by Crippen LogP contribution is 2.41. The highest BCUT2D eigenvalue weighted by atomic mass is 15.0. The normalized spacial score (nSPS) is 11.3. The Hall–Kier alpha value is -9.13. The first kappa shape index (κ1) is 39.5. The second-order valence-electron chi connectivity index (χ2n) is 16.5. The van der Waals surface area contributed by atoms with E-state index in [2.05, 4.69) is 150 Å². The summed E-state index contributed by atoms with van der Waals surface area (Å²) < 4.78 is 2.37. The molecule has 6 nitrogen and oxygen atoms in total. The molecular weight excluding hydrogens is 817 g/mol. The van der Waals surface area contributed by atoms with Gasteiger partial charge in [-0.3, -0.25) is 0 Å². The number of hydrogen-bond donors (Lipinski definition) is 0. The monoisotopic (exact) mass is 856 g/mol. The molecule has 3 aromatic heterocycles. The fourth-order valence-electron chi connectivity index (χ4n) is 8.97. The molecule has 0 aliphatic heterocycles. The summed E-state index contributed by atoms with van der Waals surface area (Å²) in [6, 6.07) is 84.1. The Balaban J connectivity index is 1.15. The van der Waals surface area contributed by atoms with Crippen molar-refractivity contribution in [2.45, 2.75) is 0 Å². The fraction of sp³-hybridized carbons (Fsp3) is 0. The number of rotatable bonds is 9. The highest BCUT2D eigenvalue weighted by Gasteiger charge is 2.22. The summed E-state index contributed by atoms with van der Waals surface area (Å²) in [6.07, 6.45) is 0. The molecule has 0 saturated carbocycles. The lowest BCUT2D eigenvalue weighted by Crippen LogP contribution is -2.04. The molecule has 3 heterocycles. The van der Waals surface area contributed by atoms with Gasteiger partial charge in [-0.2, -0.15) is 0 Å². The number of benzene rings is 9. The number of hydrogen-bond acceptors (Lipinski definition) is 5. The van der Waals surface area contributed by atoms with E-state index in [-0.39, 0.29) is 0 Å². The third-order valence-electron chi connectivity index (χ3n) is 12.3. The molecule has 0 spiro atoms. The molecule has 0 N–H and O–H groups in total. The molecule has 0 aliphatic rings. The van der Waals surface area contributed by atoms with Crippen molar-refractivity contribution in [3.8, 4) is 96.0 Å². The summed E-state index contributed by atoms with van der Waals surface area (Å²) in [5.74, 6) is 2.31. The lowest BCUT2D eigenvalue weighted by molar-refractivity contribution is 1.07. The minimum Gasteiger partial charge on any atom is -0.308 e. The summed E-state index contributed by atoms with van der Waals surface area (Å²) in [7, 11) is 0. The van der Waals surface area contributed by atoms with Gasteiger partial charge in [0.25, 0.3) is 0 Å². The Morgan fingerprint density at radius 1 is 0.239 bits per heavy atom. The summed E-state index contributed by atoms with van der Waals surface area (Å²) in [5.41, 5.74) is 14.8. The van der Waals surface area contributed by atoms with Crippen LogP contribution in [0.1, 0.15) is 0 Å². The highest BCUT2D eigenvalue weighted by molar-refractivity contribution is 6.12. The third kappa shape index (κ3) is 7.62. The van der Waals surface area contributed by atoms with Crippen LogP contribution < -0.4 is 0 Å². The van der Waals surface area contributed by atoms with Crippen LogP contribution in [0.15, 0.2) is 243 Å². The zero-order valence-electron chi connectivity index (χ0n) is 36.3. The molecule has 9 aromatic carbocycles. The average molecular weight is 857 g/mol. The van der Waals surface area contributed by atoms with Gasteiger partial charge in [-0.25, -0.2) is 24.9 Å². The van der Waals surface area contributed by atoms with Crippen molar-refractivity contribution in [3.05, 3.63) is 243 Å². The first-order chi connectivity index (χ1) is 33.2. The Kier molecular flexibility index (Phi) is 10.1. The van der Waals surface area contributed by atoms with E-state index in [4.69, 9.17) is 24.9 Å². The molecule has 0 bridgehead atoms. The zero-order valence-corrected chi connectivity index (χ0v) is 36.3. The number of fused-ring (bicyclic) bond motifs is 3. The fourth-order valence-corrected chi connectivity index (χ4v) is 8.97. The lowest BCUT2D eigenvalue weighted by atomic mass is 10.0. The van der Waals surface area contributed by atoms with E-state index in [1.807, 2.05) is 97.1 Å². The van der Waals surface area contributed by atoms with Crippen molar-refractivity contribution in [1.29, 1.82) is 0 Å². The second-order valence-corrected chi connectivity index (χ2v) is 16.5. The molecule has 12 rings (SSSR count). The summed E-state index contributed by atoms with van der Waals surface area (Å²) in [4.78, 5) is 26.2. The molecule has 0 radical (unpaired) electrons. The lowest BCUT2D eigenvalue weighted by Gasteiger charge is -2.17. The predicted octanol–water partition coefficient (Wildman–Crippen LogP) is 15.1. The van der Waals surface area contributed by atoms with Crippen molar-refractivity contribution < 1.29 is 0 Å². The quantitative estimate of drug-likeness (QED) is 0.145. The van der Waals surface area contributed by atoms with Gasteiger partial charge >= 0.3 is 0 Å². The van der Waals surface area contributed by atoms with Crippen molar-refractivity contribution in [3.63, 3.8) is 0 Å². The van der Waals surface area contributed by atoms with Gasteiger partial charge in [-0.1, -0.05) is 194 Å². The first-order valence-corrected chi connectivity index (χ1v) is 22.4. The van der Waals surface area contributed by atoms with Crippen molar-refractivity contribution >= 4 is 21.8 Å². The Bertz CT molecular complexity index is 3500. The minimum atomic E-state index is 0.547. The van der Waals surface area contributed by atoms with Gasteiger partial charge in [0.05, 0.1) is 28.1 Å². The van der Waals surface area contributed by atoms with Crippen LogP contribution in [0.25, 0.3) is 118 Å². The summed E-state index contributed by atoms with van der Waals surface area (Å²) in [5, 5.41) is 2.29. The van der Waals surface area contributed by atoms with Crippen LogP contribution in [-0.2, 0) is 0 Å². The first-order valence-electron chi connectivity index (χ1n) is 22.4. The number of nitrogens with zero attached hydrogens (tertiary/aromatic N) is 6. The van der Waals surface area contributed by atoms with Gasteiger partial charge < -0.3 is 4.57 Å². The smallest absolute Gasteiger partial charge is 0.164 e. The molecule has 67 heavy (non-hydrogen) atoms. The van der Waals surface area contributed by atoms with Gasteiger partial charge in [0.1, 0.15) is 0 Å². The van der Waals surface area contributed by atoms with Crippen LogP contribution in [0, 0.1) is 0 Å². The molecule has 0 aliphatic carbocycles. The van der Waals surface area contributed by atoms with Crippen molar-refractivity contribution in [2.75, 3.05) is 0 Å². The molecular formula is C61H40N6. The summed E-state index contributed by atoms with van der Waals surface area (Å²) in [6.45, 7) is 0. The largest absolute Gasteiger partial charge is 0.308 e. The molecule has 12 aromatic rings. The Labute approximate surface area is 388 Å². The molecule has 0 atom stereocenters. The average Bonchev–Trinajstić information content (AvgIpc) is 3.74. The van der Waals surface area contributed by atoms with Crippen molar-refractivity contribution in [2.24, 2.45) is 0 Å². The van der Waals surface area contributed by atoms with E-state index < -0.39 is 0 Å². The topological polar surface area (TPSA) is 69.4 Å². The van der Waals surface area contributed by atoms with Gasteiger partial charge in [-0.05, 0) is 70.8 Å². The molecule has 314 valence electrons. The van der Waals surface area contributed by atoms with Gasteiger partial charge in [0, 0.05) is 44.2 Å². The van der Waals surface area contributed by atoms with Crippen LogP contribution >= 0.6 is 0 Å². The van der Waals surface area contributed by atoms with Gasteiger partial charge in [0.2, 0.25) is 0 Å². The van der Waals surface area contributed by atoms with E-state index in [0.29, 0.717) is 23.3 Å². The maximum absolute atomic E-state index is 5.43. The van der Waals surface area contributed by atoms with E-state index in [1.54, 1.807) is 0 Å². The Morgan fingerprint density at radius 3 is 1.01 bits per heavy atom. The van der Waals surface area contributed by atoms with Crippen LogP contribution in [0.3, 0.4) is 0 Å². The maximum atomic E-state index is 5.43. The van der Waals surface area contributed by atoms with Gasteiger partial charge in [0.15, 0.2) is 23.3 Å². The Morgan fingerprint density at radius 2 is 0.597 bits per heavy atom. The SMILES string of the molecule is c1ccc(-c2ccc3c(c2)c2cc(-c4ccccc4)ccc2n3-c2ccc(-c3nc(-c4ccccc4)nc(-c4ccccc4)n3)cc2-c2nc(-c3ccccc3)cc(-c3ccccc3)n2)cc1. The molecule has 0 fully saturated rings. The molecule has 0 amide bonds. The standard InChI is InChI=1S/C61H40N6/c1-7-19-41(20-8-1)47-31-34-55-50(37-47)51-38-48(42-21-9-2-10-22-42)32-35-56(51)67(55)57-36-33-49(60-65-58(45-27-15-5-16-28-45)64-59(66-60)46-29-17-6-18-30-46)39-52(57)61-62-53(43-23-11-3-12-24-43)40-54(63-61)44-25-13-4-14-26-44/h1-40H. The molecule has 0 saturated heterocycles. The van der Waals surface area contributed by atoms with Crippen LogP contribution in [0.5, 0.6) is 0 Å². The second kappa shape index (κ2) is 17.1. The minimum absolute atomic E-state index is 0.547. The summed E-state index contributed by atoms with van der Waals surface area (Å²) >= 11 is 0. The molecule has 6 heteroatoms. The molecule has 0 unspecified atom stereocenters. The third-order valence-corrected chi connectivity index (χ3v) is 12.3. The van der Waals surface area contributed by atoms with Crippen molar-refractivity contribution in [1.82, 2.24) is 29.5 Å². The van der Waals surface area contributed by atoms with E-state index in [9.17, 15) is 0 Å². The van der Waals surface area contributed by atoms with E-state index in [0.717, 1.165) is 94.5 Å². The number of aromatic nitrogens is 6. The van der Waals surface area contributed by atoms with Gasteiger partial charge in [-0.15, -0.1) is 0 Å². The van der Waals surface area contributed by atoms with E-state index >= 15 is 0 Å².